The highest BCUT2D eigenvalue weighted by molar-refractivity contribution is 5.96. The number of carbonyl (C=O) groups is 3. The van der Waals surface area contributed by atoms with Gasteiger partial charge in [0, 0.05) is 44.5 Å². The Kier molecular flexibility index (Phi) is 9.34. The fourth-order valence-corrected chi connectivity index (χ4v) is 5.71. The van der Waals surface area contributed by atoms with Gasteiger partial charge in [-0.05, 0) is 53.9 Å². The van der Waals surface area contributed by atoms with E-state index < -0.39 is 23.9 Å². The van der Waals surface area contributed by atoms with Gasteiger partial charge in [-0.2, -0.15) is 5.10 Å². The van der Waals surface area contributed by atoms with E-state index in [4.69, 9.17) is 14.2 Å². The first kappa shape index (κ1) is 31.5. The van der Waals surface area contributed by atoms with E-state index in [0.29, 0.717) is 47.0 Å². The molecule has 4 aromatic rings. The molecule has 3 aromatic carbocycles. The van der Waals surface area contributed by atoms with Crippen LogP contribution in [0.3, 0.4) is 0 Å². The molecular weight excluding hydrogens is 607 g/mol. The molecule has 0 spiro atoms. The van der Waals surface area contributed by atoms with Gasteiger partial charge >= 0.3 is 0 Å². The molecule has 1 fully saturated rings. The van der Waals surface area contributed by atoms with E-state index in [1.165, 1.54) is 19.2 Å². The molecule has 6 bridgehead atoms. The largest absolute Gasteiger partial charge is 0.496 e. The Balaban J connectivity index is 1.30. The molecule has 0 saturated carbocycles. The number of likely N-dealkylation sites (tertiary alicyclic amines) is 1. The van der Waals surface area contributed by atoms with Gasteiger partial charge in [-0.1, -0.05) is 18.2 Å². The van der Waals surface area contributed by atoms with Crippen LogP contribution < -0.4 is 30.2 Å². The Morgan fingerprint density at radius 2 is 1.96 bits per heavy atom. The lowest BCUT2D eigenvalue weighted by atomic mass is 9.99. The van der Waals surface area contributed by atoms with Crippen LogP contribution in [-0.4, -0.2) is 77.9 Å². The first-order valence-electron chi connectivity index (χ1n) is 15.2. The normalized spacial score (nSPS) is 18.5. The van der Waals surface area contributed by atoms with Gasteiger partial charge in [0.15, 0.2) is 6.61 Å². The van der Waals surface area contributed by atoms with E-state index in [1.807, 2.05) is 11.0 Å². The number of anilines is 1. The van der Waals surface area contributed by atoms with E-state index in [2.05, 4.69) is 21.0 Å². The second-order valence-electron chi connectivity index (χ2n) is 11.5. The molecule has 1 saturated heterocycles. The number of nitrogens with one attached hydrogen (secondary N) is 3. The van der Waals surface area contributed by atoms with Gasteiger partial charge in [0.25, 0.3) is 11.8 Å². The van der Waals surface area contributed by atoms with Crippen molar-refractivity contribution in [3.63, 3.8) is 0 Å². The average molecular weight is 643 g/mol. The van der Waals surface area contributed by atoms with Gasteiger partial charge in [-0.15, -0.1) is 0 Å². The molecule has 47 heavy (non-hydrogen) atoms. The predicted octanol–water partition coefficient (Wildman–Crippen LogP) is 3.13. The minimum absolute atomic E-state index is 0.0739. The van der Waals surface area contributed by atoms with Crippen LogP contribution in [0.5, 0.6) is 17.2 Å². The maximum Gasteiger partial charge on any atom is 0.258 e. The van der Waals surface area contributed by atoms with Crippen LogP contribution in [0, 0.1) is 5.82 Å². The molecule has 0 radical (unpaired) electrons. The summed E-state index contributed by atoms with van der Waals surface area (Å²) in [6.07, 6.45) is 3.23. The number of piperidine rings is 1. The molecule has 12 nitrogen and oxygen atoms in total. The van der Waals surface area contributed by atoms with Gasteiger partial charge in [0.05, 0.1) is 37.1 Å². The number of hydrogen-bond acceptors (Lipinski definition) is 8. The number of methoxy groups -OCH3 is 1. The lowest BCUT2D eigenvalue weighted by Gasteiger charge is -2.38. The number of aryl methyl sites for hydroxylation is 1. The third-order valence-corrected chi connectivity index (χ3v) is 8.08. The van der Waals surface area contributed by atoms with Crippen LogP contribution in [0.1, 0.15) is 22.3 Å². The standard InChI is InChI=1S/C34H35FN6O6/c1-40-17-24(16-37-40)38-32(42)19-41-11-10-30-29(18-41)39-34(44)27-13-22(7-9-28(27)35)21-4-3-5-25(12-21)46-20-33(43)36-15-23-6-8-26(47-30)14-31(23)45-2/h3-9,12-14,16-17,29-30H,10-11,15,18-20H2,1-2H3,(H,36,43)(H,38,42)(H,39,44)/t29-,30+/m1/s1. The number of amides is 3. The minimum atomic E-state index is -0.682. The zero-order valence-corrected chi connectivity index (χ0v) is 26.0. The zero-order valence-electron chi connectivity index (χ0n) is 26.0. The van der Waals surface area contributed by atoms with Crippen molar-refractivity contribution in [3.8, 4) is 28.4 Å². The Morgan fingerprint density at radius 3 is 2.77 bits per heavy atom. The number of benzene rings is 3. The van der Waals surface area contributed by atoms with Crippen molar-refractivity contribution in [3.05, 3.63) is 90.0 Å². The van der Waals surface area contributed by atoms with Gasteiger partial charge in [-0.25, -0.2) is 4.39 Å². The summed E-state index contributed by atoms with van der Waals surface area (Å²) >= 11 is 0. The number of carbonyl (C=O) groups excluding carboxylic acids is 3. The van der Waals surface area contributed by atoms with Crippen LogP contribution in [0.2, 0.25) is 0 Å². The summed E-state index contributed by atoms with van der Waals surface area (Å²) in [5, 5.41) is 12.7. The summed E-state index contributed by atoms with van der Waals surface area (Å²) in [7, 11) is 3.29. The molecule has 1 aromatic heterocycles. The summed E-state index contributed by atoms with van der Waals surface area (Å²) in [5.74, 6) is -0.401. The fraction of sp³-hybridized carbons (Fsp3) is 0.294. The van der Waals surface area contributed by atoms with Gasteiger partial charge in [-0.3, -0.25) is 24.0 Å². The summed E-state index contributed by atoms with van der Waals surface area (Å²) in [4.78, 5) is 41.0. The maximum absolute atomic E-state index is 15.2. The molecule has 4 heterocycles. The number of halogens is 1. The summed E-state index contributed by atoms with van der Waals surface area (Å²) < 4.78 is 34.5. The topological polar surface area (TPSA) is 136 Å². The molecule has 3 N–H and O–H groups in total. The van der Waals surface area contributed by atoms with Crippen LogP contribution in [0.15, 0.2) is 73.1 Å². The number of ether oxygens (including phenoxy) is 3. The SMILES string of the molecule is COc1cc2ccc1CNC(=O)COc1cccc(c1)-c1ccc(F)c(c1)C(=O)N[C@@H]1CN(CC(=O)Nc3cnn(C)c3)CC[C@@H]1O2. The molecule has 244 valence electrons. The molecule has 7 rings (SSSR count). The Hall–Kier alpha value is -5.43. The van der Waals surface area contributed by atoms with Crippen molar-refractivity contribution in [2.24, 2.45) is 7.05 Å². The highest BCUT2D eigenvalue weighted by Crippen LogP contribution is 2.29. The molecule has 3 aliphatic heterocycles. The van der Waals surface area contributed by atoms with Crippen molar-refractivity contribution in [2.45, 2.75) is 25.1 Å². The van der Waals surface area contributed by atoms with Gasteiger partial charge in [0.1, 0.15) is 29.2 Å². The lowest BCUT2D eigenvalue weighted by molar-refractivity contribution is -0.123. The molecule has 0 aliphatic carbocycles. The highest BCUT2D eigenvalue weighted by atomic mass is 19.1. The molecular formula is C34H35FN6O6. The van der Waals surface area contributed by atoms with Crippen molar-refractivity contribution in [1.29, 1.82) is 0 Å². The smallest absolute Gasteiger partial charge is 0.258 e. The number of fused-ring (bicyclic) bond motifs is 7. The number of aromatic nitrogens is 2. The molecule has 3 aliphatic rings. The van der Waals surface area contributed by atoms with Gasteiger partial charge < -0.3 is 30.2 Å². The van der Waals surface area contributed by atoms with Crippen molar-refractivity contribution in [2.75, 3.05) is 38.7 Å². The maximum atomic E-state index is 15.2. The van der Waals surface area contributed by atoms with E-state index in [0.717, 1.165) is 5.56 Å². The molecule has 2 atom stereocenters. The van der Waals surface area contributed by atoms with E-state index in [1.54, 1.807) is 66.6 Å². The van der Waals surface area contributed by atoms with Crippen LogP contribution >= 0.6 is 0 Å². The second kappa shape index (κ2) is 13.9. The molecule has 3 amide bonds. The first-order chi connectivity index (χ1) is 22.7. The van der Waals surface area contributed by atoms with E-state index in [-0.39, 0.29) is 43.6 Å². The summed E-state index contributed by atoms with van der Waals surface area (Å²) in [6.45, 7) is 0.863. The fourth-order valence-electron chi connectivity index (χ4n) is 5.71. The third kappa shape index (κ3) is 7.69. The monoisotopic (exact) mass is 642 g/mol. The third-order valence-electron chi connectivity index (χ3n) is 8.08. The van der Waals surface area contributed by atoms with Crippen molar-refractivity contribution in [1.82, 2.24) is 25.3 Å². The number of hydrogen-bond donors (Lipinski definition) is 3. The van der Waals surface area contributed by atoms with Crippen molar-refractivity contribution >= 4 is 23.4 Å². The lowest BCUT2D eigenvalue weighted by Crippen LogP contribution is -2.58. The average Bonchev–Trinajstić information content (AvgIpc) is 3.47. The van der Waals surface area contributed by atoms with Gasteiger partial charge in [0.2, 0.25) is 5.91 Å². The molecule has 0 unspecified atom stereocenters. The van der Waals surface area contributed by atoms with E-state index in [9.17, 15) is 14.4 Å². The number of rotatable bonds is 4. The summed E-state index contributed by atoms with van der Waals surface area (Å²) in [6, 6.07) is 16.0. The molecule has 13 heteroatoms. The van der Waals surface area contributed by atoms with Crippen LogP contribution in [-0.2, 0) is 23.2 Å². The van der Waals surface area contributed by atoms with Crippen LogP contribution in [0.4, 0.5) is 10.1 Å². The van der Waals surface area contributed by atoms with Crippen LogP contribution in [0.25, 0.3) is 11.1 Å². The first-order valence-corrected chi connectivity index (χ1v) is 15.2. The quantitative estimate of drug-likeness (QED) is 0.309. The Labute approximate surface area is 270 Å². The Bertz CT molecular complexity index is 1790. The summed E-state index contributed by atoms with van der Waals surface area (Å²) in [5.41, 5.74) is 2.45. The predicted molar refractivity (Wildman–Crippen MR) is 171 cm³/mol. The minimum Gasteiger partial charge on any atom is -0.496 e. The second-order valence-corrected chi connectivity index (χ2v) is 11.5. The zero-order chi connectivity index (χ0) is 32.9. The van der Waals surface area contributed by atoms with E-state index >= 15 is 4.39 Å². The highest BCUT2D eigenvalue weighted by Gasteiger charge is 2.34. The Morgan fingerprint density at radius 1 is 1.11 bits per heavy atom. The van der Waals surface area contributed by atoms with Crippen molar-refractivity contribution < 1.29 is 33.0 Å². The number of nitrogens with zero attached hydrogens (tertiary/aromatic N) is 3.